The number of rotatable bonds is 1. The van der Waals surface area contributed by atoms with Crippen LogP contribution in [0.25, 0.3) is 10.6 Å². The molecule has 0 fully saturated rings. The fraction of sp³-hybridized carbons (Fsp3) is 0. The summed E-state index contributed by atoms with van der Waals surface area (Å²) in [4.78, 5) is 9.05. The van der Waals surface area contributed by atoms with E-state index in [9.17, 15) is 0 Å². The molecule has 72 valence electrons. The van der Waals surface area contributed by atoms with Gasteiger partial charge in [0.15, 0.2) is 5.82 Å². The summed E-state index contributed by atoms with van der Waals surface area (Å²) < 4.78 is 0.953. The first-order chi connectivity index (χ1) is 6.68. The second-order valence-electron chi connectivity index (χ2n) is 2.63. The van der Waals surface area contributed by atoms with Crippen molar-refractivity contribution >= 4 is 38.9 Å². The maximum atomic E-state index is 5.71. The third-order valence-electron chi connectivity index (χ3n) is 1.65. The summed E-state index contributed by atoms with van der Waals surface area (Å²) in [5.74, 6) is 0.761. The molecule has 0 radical (unpaired) electrons. The fourth-order valence-electron chi connectivity index (χ4n) is 1.04. The molecule has 2 aromatic rings. The van der Waals surface area contributed by atoms with Gasteiger partial charge in [0.2, 0.25) is 0 Å². The Kier molecular flexibility index (Phi) is 2.39. The molecule has 0 bridgehead atoms. The molecule has 0 amide bonds. The van der Waals surface area contributed by atoms with E-state index >= 15 is 0 Å². The summed E-state index contributed by atoms with van der Waals surface area (Å²) >= 11 is 4.95. The van der Waals surface area contributed by atoms with E-state index in [-0.39, 0.29) is 0 Å². The number of hydrogen-bond acceptors (Lipinski definition) is 5. The summed E-state index contributed by atoms with van der Waals surface area (Å²) in [6, 6.07) is 1.93. The van der Waals surface area contributed by atoms with Crippen LogP contribution < -0.4 is 11.5 Å². The molecule has 0 aliphatic rings. The van der Waals surface area contributed by atoms with Gasteiger partial charge in [0.1, 0.15) is 11.5 Å². The number of nitrogens with zero attached hydrogens (tertiary/aromatic N) is 2. The Morgan fingerprint density at radius 3 is 2.79 bits per heavy atom. The van der Waals surface area contributed by atoms with E-state index < -0.39 is 0 Å². The van der Waals surface area contributed by atoms with Crippen LogP contribution in [0.3, 0.4) is 0 Å². The van der Waals surface area contributed by atoms with Crippen molar-refractivity contribution < 1.29 is 0 Å². The first-order valence-electron chi connectivity index (χ1n) is 3.80. The highest BCUT2D eigenvalue weighted by atomic mass is 79.9. The summed E-state index contributed by atoms with van der Waals surface area (Å²) in [6.45, 7) is 0. The minimum atomic E-state index is 0.370. The molecule has 0 saturated heterocycles. The normalized spacial score (nSPS) is 10.4. The van der Waals surface area contributed by atoms with Gasteiger partial charge in [-0.3, -0.25) is 0 Å². The molecule has 14 heavy (non-hydrogen) atoms. The molecule has 0 aliphatic heterocycles. The second kappa shape index (κ2) is 3.55. The van der Waals surface area contributed by atoms with Crippen LogP contribution >= 0.6 is 27.3 Å². The molecule has 2 rings (SSSR count). The molecule has 0 aromatic carbocycles. The lowest BCUT2D eigenvalue weighted by Gasteiger charge is -2.02. The van der Waals surface area contributed by atoms with E-state index in [0.29, 0.717) is 17.3 Å². The smallest absolute Gasteiger partial charge is 0.151 e. The molecular formula is C8H7BrN4S. The van der Waals surface area contributed by atoms with Gasteiger partial charge in [-0.05, 0) is 27.4 Å². The minimum absolute atomic E-state index is 0.370. The highest BCUT2D eigenvalue weighted by molar-refractivity contribution is 9.10. The zero-order chi connectivity index (χ0) is 10.1. The number of hydrogen-bond donors (Lipinski definition) is 2. The van der Waals surface area contributed by atoms with Crippen LogP contribution in [0.2, 0.25) is 0 Å². The largest absolute Gasteiger partial charge is 0.382 e. The Morgan fingerprint density at radius 2 is 2.14 bits per heavy atom. The molecule has 2 aromatic heterocycles. The zero-order valence-electron chi connectivity index (χ0n) is 7.07. The Bertz CT molecular complexity index is 468. The lowest BCUT2D eigenvalue weighted by atomic mass is 10.3. The number of anilines is 2. The highest BCUT2D eigenvalue weighted by Gasteiger charge is 2.10. The van der Waals surface area contributed by atoms with Crippen molar-refractivity contribution in [1.82, 2.24) is 9.97 Å². The number of aromatic nitrogens is 2. The Labute approximate surface area is 93.1 Å². The van der Waals surface area contributed by atoms with Gasteiger partial charge in [-0.25, -0.2) is 9.97 Å². The summed E-state index contributed by atoms with van der Waals surface area (Å²) in [5, 5.41) is 1.95. The van der Waals surface area contributed by atoms with E-state index in [0.717, 1.165) is 9.35 Å². The quantitative estimate of drug-likeness (QED) is 0.832. The van der Waals surface area contributed by atoms with Crippen molar-refractivity contribution in [1.29, 1.82) is 0 Å². The van der Waals surface area contributed by atoms with Gasteiger partial charge in [0.25, 0.3) is 0 Å². The molecule has 0 saturated carbocycles. The number of thiophene rings is 1. The number of halogens is 1. The van der Waals surface area contributed by atoms with Crippen molar-refractivity contribution in [2.24, 2.45) is 0 Å². The van der Waals surface area contributed by atoms with Crippen molar-refractivity contribution in [3.8, 4) is 10.6 Å². The van der Waals surface area contributed by atoms with Crippen LogP contribution in [-0.2, 0) is 0 Å². The average Bonchev–Trinajstić information content (AvgIpc) is 2.56. The van der Waals surface area contributed by atoms with Gasteiger partial charge >= 0.3 is 0 Å². The first-order valence-corrected chi connectivity index (χ1v) is 5.47. The van der Waals surface area contributed by atoms with Crippen LogP contribution in [0.15, 0.2) is 22.1 Å². The molecule has 0 spiro atoms. The summed E-state index contributed by atoms with van der Waals surface area (Å²) in [5.41, 5.74) is 11.9. The van der Waals surface area contributed by atoms with E-state index in [1.54, 1.807) is 11.3 Å². The van der Waals surface area contributed by atoms with E-state index in [2.05, 4.69) is 25.9 Å². The van der Waals surface area contributed by atoms with E-state index in [1.165, 1.54) is 6.20 Å². The van der Waals surface area contributed by atoms with E-state index in [1.807, 2.05) is 11.4 Å². The van der Waals surface area contributed by atoms with Crippen molar-refractivity contribution in [3.05, 3.63) is 22.1 Å². The number of nitrogen functional groups attached to an aromatic ring is 2. The standard InChI is InChI=1S/C8H7BrN4S/c9-4-1-2-14-7(4)6-8(11)12-3-5(10)13-6/h1-3H,(H2,10,13)(H2,11,12). The van der Waals surface area contributed by atoms with Crippen LogP contribution in [0, 0.1) is 0 Å². The second-order valence-corrected chi connectivity index (χ2v) is 4.40. The van der Waals surface area contributed by atoms with Gasteiger partial charge in [-0.2, -0.15) is 0 Å². The SMILES string of the molecule is Nc1cnc(N)c(-c2sccc2Br)n1. The Balaban J connectivity index is 2.62. The maximum absolute atomic E-state index is 5.71. The molecule has 0 atom stereocenters. The Morgan fingerprint density at radius 1 is 1.36 bits per heavy atom. The number of nitrogens with two attached hydrogens (primary N) is 2. The van der Waals surface area contributed by atoms with Gasteiger partial charge in [-0.15, -0.1) is 11.3 Å². The van der Waals surface area contributed by atoms with Crippen LogP contribution in [0.1, 0.15) is 0 Å². The predicted molar refractivity (Wildman–Crippen MR) is 61.9 cm³/mol. The average molecular weight is 271 g/mol. The monoisotopic (exact) mass is 270 g/mol. The van der Waals surface area contributed by atoms with Crippen LogP contribution in [0.4, 0.5) is 11.6 Å². The van der Waals surface area contributed by atoms with Crippen molar-refractivity contribution in [2.75, 3.05) is 11.5 Å². The van der Waals surface area contributed by atoms with Crippen molar-refractivity contribution in [3.63, 3.8) is 0 Å². The maximum Gasteiger partial charge on any atom is 0.151 e. The van der Waals surface area contributed by atoms with Gasteiger partial charge in [-0.1, -0.05) is 0 Å². The fourth-order valence-corrected chi connectivity index (χ4v) is 2.60. The molecule has 4 N–H and O–H groups in total. The topological polar surface area (TPSA) is 77.8 Å². The van der Waals surface area contributed by atoms with Crippen LogP contribution in [0.5, 0.6) is 0 Å². The third-order valence-corrected chi connectivity index (χ3v) is 3.50. The molecule has 6 heteroatoms. The van der Waals surface area contributed by atoms with Gasteiger partial charge < -0.3 is 11.5 Å². The molecule has 2 heterocycles. The highest BCUT2D eigenvalue weighted by Crippen LogP contribution is 2.34. The molecule has 0 aliphatic carbocycles. The summed E-state index contributed by atoms with van der Waals surface area (Å²) in [7, 11) is 0. The first kappa shape index (κ1) is 9.42. The molecular weight excluding hydrogens is 264 g/mol. The van der Waals surface area contributed by atoms with Crippen LogP contribution in [-0.4, -0.2) is 9.97 Å². The Hall–Kier alpha value is -1.14. The van der Waals surface area contributed by atoms with Crippen molar-refractivity contribution in [2.45, 2.75) is 0 Å². The molecule has 4 nitrogen and oxygen atoms in total. The minimum Gasteiger partial charge on any atom is -0.382 e. The lowest BCUT2D eigenvalue weighted by Crippen LogP contribution is -1.99. The zero-order valence-corrected chi connectivity index (χ0v) is 9.47. The summed E-state index contributed by atoms with van der Waals surface area (Å²) in [6.07, 6.45) is 1.44. The van der Waals surface area contributed by atoms with Gasteiger partial charge in [0.05, 0.1) is 11.1 Å². The van der Waals surface area contributed by atoms with E-state index in [4.69, 9.17) is 11.5 Å². The molecule has 0 unspecified atom stereocenters. The lowest BCUT2D eigenvalue weighted by molar-refractivity contribution is 1.23. The predicted octanol–water partition coefficient (Wildman–Crippen LogP) is 2.13. The van der Waals surface area contributed by atoms with Gasteiger partial charge in [0, 0.05) is 4.47 Å². The third kappa shape index (κ3) is 1.58.